The maximum atomic E-state index is 4.53. The molecule has 0 spiro atoms. The van der Waals surface area contributed by atoms with E-state index in [2.05, 4.69) is 52.0 Å². The van der Waals surface area contributed by atoms with Crippen LogP contribution in [0.1, 0.15) is 37.3 Å². The summed E-state index contributed by atoms with van der Waals surface area (Å²) in [7, 11) is 2.06. The lowest BCUT2D eigenvalue weighted by molar-refractivity contribution is 0.144. The first-order valence-corrected chi connectivity index (χ1v) is 7.60. The number of hydrogen-bond donors (Lipinski definition) is 1. The summed E-state index contributed by atoms with van der Waals surface area (Å²) in [4.78, 5) is 7.01. The van der Waals surface area contributed by atoms with Gasteiger partial charge in [0.05, 0.1) is 12.2 Å². The molecule has 0 aliphatic carbocycles. The molecule has 1 aliphatic heterocycles. The molecule has 0 bridgehead atoms. The van der Waals surface area contributed by atoms with Gasteiger partial charge < -0.3 is 9.88 Å². The van der Waals surface area contributed by atoms with Crippen LogP contribution in [0, 0.1) is 0 Å². The minimum absolute atomic E-state index is 0.321. The molecule has 1 aliphatic rings. The van der Waals surface area contributed by atoms with E-state index in [1.54, 1.807) is 0 Å². The molecule has 1 N–H and O–H groups in total. The van der Waals surface area contributed by atoms with Crippen molar-refractivity contribution in [3.63, 3.8) is 0 Å². The molecule has 1 saturated heterocycles. The van der Waals surface area contributed by atoms with Crippen LogP contribution >= 0.6 is 0 Å². The van der Waals surface area contributed by atoms with E-state index in [1.807, 2.05) is 23.3 Å². The first-order valence-electron chi connectivity index (χ1n) is 7.60. The Morgan fingerprint density at radius 1 is 1.43 bits per heavy atom. The molecule has 0 amide bonds. The van der Waals surface area contributed by atoms with Gasteiger partial charge in [-0.05, 0) is 13.8 Å². The summed E-state index contributed by atoms with van der Waals surface area (Å²) in [5.41, 5.74) is 1.27. The Balaban J connectivity index is 1.76. The van der Waals surface area contributed by atoms with Gasteiger partial charge in [0.1, 0.15) is 5.82 Å². The van der Waals surface area contributed by atoms with E-state index in [0.29, 0.717) is 12.1 Å². The van der Waals surface area contributed by atoms with Gasteiger partial charge in [-0.25, -0.2) is 4.98 Å². The Hall–Kier alpha value is -1.66. The Morgan fingerprint density at radius 2 is 2.29 bits per heavy atom. The van der Waals surface area contributed by atoms with Gasteiger partial charge in [-0.2, -0.15) is 5.10 Å². The fourth-order valence-corrected chi connectivity index (χ4v) is 2.86. The van der Waals surface area contributed by atoms with E-state index >= 15 is 0 Å². The average Bonchev–Trinajstić information content (AvgIpc) is 3.09. The highest BCUT2D eigenvalue weighted by atomic mass is 15.3. The van der Waals surface area contributed by atoms with Gasteiger partial charge in [0.25, 0.3) is 0 Å². The Labute approximate surface area is 125 Å². The lowest BCUT2D eigenvalue weighted by Gasteiger charge is -2.35. The molecule has 6 nitrogen and oxygen atoms in total. The average molecular weight is 288 g/mol. The third-order valence-corrected chi connectivity index (χ3v) is 4.08. The standard InChI is InChI=1S/C15H24N6/c1-12(2)21-11-13(8-18-21)10-20-7-4-16-9-14(20)15-17-5-6-19(15)3/h5-6,8,11-12,14,16H,4,7,9-10H2,1-3H3. The van der Waals surface area contributed by atoms with Crippen molar-refractivity contribution in [3.05, 3.63) is 36.2 Å². The number of aromatic nitrogens is 4. The molecule has 2 aromatic rings. The van der Waals surface area contributed by atoms with Crippen LogP contribution in [0.15, 0.2) is 24.8 Å². The van der Waals surface area contributed by atoms with E-state index in [-0.39, 0.29) is 0 Å². The van der Waals surface area contributed by atoms with Crippen LogP contribution < -0.4 is 5.32 Å². The minimum Gasteiger partial charge on any atom is -0.337 e. The van der Waals surface area contributed by atoms with Gasteiger partial charge in [-0.3, -0.25) is 9.58 Å². The predicted molar refractivity (Wildman–Crippen MR) is 81.8 cm³/mol. The largest absolute Gasteiger partial charge is 0.337 e. The molecule has 2 aromatic heterocycles. The van der Waals surface area contributed by atoms with Gasteiger partial charge in [0.2, 0.25) is 0 Å². The normalized spacial score (nSPS) is 20.3. The van der Waals surface area contributed by atoms with Crippen LogP contribution in [0.4, 0.5) is 0 Å². The van der Waals surface area contributed by atoms with Gasteiger partial charge in [-0.15, -0.1) is 0 Å². The zero-order valence-corrected chi connectivity index (χ0v) is 13.0. The number of nitrogens with zero attached hydrogens (tertiary/aromatic N) is 5. The molecular weight excluding hydrogens is 264 g/mol. The van der Waals surface area contributed by atoms with Crippen LogP contribution in [-0.4, -0.2) is 43.9 Å². The highest BCUT2D eigenvalue weighted by Gasteiger charge is 2.26. The minimum atomic E-state index is 0.321. The van der Waals surface area contributed by atoms with Crippen LogP contribution in [0.2, 0.25) is 0 Å². The molecule has 3 heterocycles. The van der Waals surface area contributed by atoms with Crippen molar-refractivity contribution in [1.82, 2.24) is 29.5 Å². The van der Waals surface area contributed by atoms with Crippen LogP contribution in [0.25, 0.3) is 0 Å². The molecule has 6 heteroatoms. The molecule has 0 saturated carbocycles. The molecule has 0 radical (unpaired) electrons. The van der Waals surface area contributed by atoms with Crippen LogP contribution in [-0.2, 0) is 13.6 Å². The van der Waals surface area contributed by atoms with Gasteiger partial charge in [0.15, 0.2) is 0 Å². The highest BCUT2D eigenvalue weighted by molar-refractivity contribution is 5.08. The predicted octanol–water partition coefficient (Wildman–Crippen LogP) is 1.34. The zero-order valence-electron chi connectivity index (χ0n) is 13.0. The second-order valence-electron chi connectivity index (χ2n) is 6.01. The highest BCUT2D eigenvalue weighted by Crippen LogP contribution is 2.22. The number of rotatable bonds is 4. The van der Waals surface area contributed by atoms with Crippen molar-refractivity contribution in [2.75, 3.05) is 19.6 Å². The molecule has 21 heavy (non-hydrogen) atoms. The van der Waals surface area contributed by atoms with Crippen molar-refractivity contribution in [1.29, 1.82) is 0 Å². The van der Waals surface area contributed by atoms with Gasteiger partial charge in [0, 0.05) is 63.4 Å². The maximum absolute atomic E-state index is 4.53. The molecule has 0 aromatic carbocycles. The third kappa shape index (κ3) is 3.01. The van der Waals surface area contributed by atoms with E-state index in [9.17, 15) is 0 Å². The molecule has 114 valence electrons. The van der Waals surface area contributed by atoms with Crippen molar-refractivity contribution in [2.24, 2.45) is 7.05 Å². The van der Waals surface area contributed by atoms with Crippen molar-refractivity contribution >= 4 is 0 Å². The fourth-order valence-electron chi connectivity index (χ4n) is 2.86. The number of nitrogens with one attached hydrogen (secondary N) is 1. The van der Waals surface area contributed by atoms with E-state index in [0.717, 1.165) is 32.0 Å². The smallest absolute Gasteiger partial charge is 0.127 e. The molecular formula is C15H24N6. The number of aryl methyl sites for hydroxylation is 1. The third-order valence-electron chi connectivity index (χ3n) is 4.08. The summed E-state index contributed by atoms with van der Waals surface area (Å²) < 4.78 is 4.13. The van der Waals surface area contributed by atoms with Crippen molar-refractivity contribution in [2.45, 2.75) is 32.5 Å². The van der Waals surface area contributed by atoms with Gasteiger partial charge >= 0.3 is 0 Å². The SMILES string of the molecule is CC(C)n1cc(CN2CCNCC2c2nccn2C)cn1. The molecule has 1 fully saturated rings. The summed E-state index contributed by atoms with van der Waals surface area (Å²) in [5.74, 6) is 1.12. The number of imidazole rings is 1. The lowest BCUT2D eigenvalue weighted by Crippen LogP contribution is -2.46. The summed E-state index contributed by atoms with van der Waals surface area (Å²) >= 11 is 0. The molecule has 1 unspecified atom stereocenters. The lowest BCUT2D eigenvalue weighted by atomic mass is 10.1. The first kappa shape index (κ1) is 14.3. The van der Waals surface area contributed by atoms with E-state index in [1.165, 1.54) is 5.56 Å². The fraction of sp³-hybridized carbons (Fsp3) is 0.600. The molecule has 3 rings (SSSR count). The van der Waals surface area contributed by atoms with Crippen LogP contribution in [0.5, 0.6) is 0 Å². The summed E-state index contributed by atoms with van der Waals surface area (Å²) in [6.07, 6.45) is 8.03. The topological polar surface area (TPSA) is 50.9 Å². The summed E-state index contributed by atoms with van der Waals surface area (Å²) in [6.45, 7) is 8.23. The molecule has 1 atom stereocenters. The second kappa shape index (κ2) is 5.99. The monoisotopic (exact) mass is 288 g/mol. The van der Waals surface area contributed by atoms with E-state index in [4.69, 9.17) is 0 Å². The Morgan fingerprint density at radius 3 is 2.95 bits per heavy atom. The summed E-state index contributed by atoms with van der Waals surface area (Å²) in [5, 5.41) is 7.91. The van der Waals surface area contributed by atoms with E-state index < -0.39 is 0 Å². The second-order valence-corrected chi connectivity index (χ2v) is 6.01. The quantitative estimate of drug-likeness (QED) is 0.922. The van der Waals surface area contributed by atoms with Crippen molar-refractivity contribution in [3.8, 4) is 0 Å². The van der Waals surface area contributed by atoms with Gasteiger partial charge in [-0.1, -0.05) is 0 Å². The first-order chi connectivity index (χ1) is 10.1. The Bertz CT molecular complexity index is 585. The Kier molecular flexibility index (Phi) is 4.07. The summed E-state index contributed by atoms with van der Waals surface area (Å²) in [6, 6.07) is 0.730. The van der Waals surface area contributed by atoms with Crippen LogP contribution in [0.3, 0.4) is 0 Å². The number of piperazine rings is 1. The zero-order chi connectivity index (χ0) is 14.8. The van der Waals surface area contributed by atoms with Crippen molar-refractivity contribution < 1.29 is 0 Å². The number of hydrogen-bond acceptors (Lipinski definition) is 4. The maximum Gasteiger partial charge on any atom is 0.127 e.